The zero-order valence-corrected chi connectivity index (χ0v) is 14.8. The van der Waals surface area contributed by atoms with Gasteiger partial charge in [-0.15, -0.1) is 22.7 Å². The molecule has 1 aliphatic rings. The highest BCUT2D eigenvalue weighted by Crippen LogP contribution is 2.34. The van der Waals surface area contributed by atoms with Gasteiger partial charge in [0.15, 0.2) is 0 Å². The lowest BCUT2D eigenvalue weighted by Crippen LogP contribution is -2.42. The van der Waals surface area contributed by atoms with Gasteiger partial charge in [-0.05, 0) is 41.3 Å². The van der Waals surface area contributed by atoms with Gasteiger partial charge in [0.05, 0.1) is 13.1 Å². The first-order valence-corrected chi connectivity index (χ1v) is 9.51. The van der Waals surface area contributed by atoms with E-state index in [1.165, 1.54) is 15.3 Å². The van der Waals surface area contributed by atoms with Gasteiger partial charge in [0.1, 0.15) is 0 Å². The molecule has 0 spiro atoms. The molecule has 2 aromatic heterocycles. The number of rotatable bonds is 5. The molecule has 118 valence electrons. The first-order chi connectivity index (χ1) is 10.7. The fraction of sp³-hybridized carbons (Fsp3) is 0.471. The summed E-state index contributed by atoms with van der Waals surface area (Å²) in [6, 6.07) is 6.75. The Balaban J connectivity index is 1.63. The minimum atomic E-state index is 0.213. The van der Waals surface area contributed by atoms with Crippen molar-refractivity contribution in [2.75, 3.05) is 20.1 Å². The molecule has 0 aromatic carbocycles. The Hall–Kier alpha value is -1.17. The third kappa shape index (κ3) is 3.26. The van der Waals surface area contributed by atoms with Gasteiger partial charge in [-0.1, -0.05) is 13.0 Å². The van der Waals surface area contributed by atoms with Crippen LogP contribution >= 0.6 is 22.7 Å². The summed E-state index contributed by atoms with van der Waals surface area (Å²) in [5, 5.41) is 4.24. The molecule has 1 amide bonds. The number of carbonyl (C=O) groups excluding carboxylic acids is 1. The molecule has 0 saturated carbocycles. The van der Waals surface area contributed by atoms with Crippen LogP contribution in [0.2, 0.25) is 0 Å². The second-order valence-corrected chi connectivity index (χ2v) is 7.81. The maximum atomic E-state index is 12.5. The van der Waals surface area contributed by atoms with Gasteiger partial charge < -0.3 is 4.90 Å². The summed E-state index contributed by atoms with van der Waals surface area (Å²) in [6.45, 7) is 4.44. The van der Waals surface area contributed by atoms with E-state index in [1.807, 2.05) is 29.4 Å². The number of fused-ring (bicyclic) bond motifs is 1. The van der Waals surface area contributed by atoms with Crippen LogP contribution in [-0.2, 0) is 17.8 Å². The lowest BCUT2D eigenvalue weighted by molar-refractivity contribution is -0.132. The summed E-state index contributed by atoms with van der Waals surface area (Å²) in [5.74, 6) is 0.213. The first-order valence-electron chi connectivity index (χ1n) is 7.75. The van der Waals surface area contributed by atoms with E-state index in [9.17, 15) is 4.79 Å². The Morgan fingerprint density at radius 1 is 1.36 bits per heavy atom. The summed E-state index contributed by atoms with van der Waals surface area (Å²) in [6.07, 6.45) is 2.14. The van der Waals surface area contributed by atoms with E-state index in [4.69, 9.17) is 0 Å². The molecule has 0 fully saturated rings. The third-order valence-electron chi connectivity index (χ3n) is 4.33. The Bertz CT molecular complexity index is 620. The van der Waals surface area contributed by atoms with Crippen LogP contribution < -0.4 is 0 Å². The fourth-order valence-corrected chi connectivity index (χ4v) is 4.82. The van der Waals surface area contributed by atoms with Crippen molar-refractivity contribution in [2.45, 2.75) is 32.4 Å². The molecule has 3 nitrogen and oxygen atoms in total. The normalized spacial score (nSPS) is 18.2. The quantitative estimate of drug-likeness (QED) is 0.831. The largest absolute Gasteiger partial charge is 0.340 e. The van der Waals surface area contributed by atoms with Crippen molar-refractivity contribution in [1.29, 1.82) is 0 Å². The molecule has 0 N–H and O–H groups in total. The zero-order valence-electron chi connectivity index (χ0n) is 13.1. The number of hydrogen-bond donors (Lipinski definition) is 0. The molecule has 5 heteroatoms. The van der Waals surface area contributed by atoms with Crippen LogP contribution in [0.15, 0.2) is 29.0 Å². The maximum Gasteiger partial charge on any atom is 0.236 e. The summed E-state index contributed by atoms with van der Waals surface area (Å²) in [4.78, 5) is 19.5. The molecule has 2 aromatic rings. The van der Waals surface area contributed by atoms with Gasteiger partial charge in [0, 0.05) is 29.4 Å². The van der Waals surface area contributed by atoms with Crippen molar-refractivity contribution in [3.05, 3.63) is 44.3 Å². The molecular formula is C17H22N2OS2. The Morgan fingerprint density at radius 3 is 2.95 bits per heavy atom. The van der Waals surface area contributed by atoms with E-state index in [1.54, 1.807) is 11.3 Å². The van der Waals surface area contributed by atoms with Gasteiger partial charge in [-0.3, -0.25) is 9.69 Å². The Labute approximate surface area is 140 Å². The average Bonchev–Trinajstić information content (AvgIpc) is 3.17. The van der Waals surface area contributed by atoms with Crippen LogP contribution in [0.4, 0.5) is 0 Å². The molecule has 1 aliphatic heterocycles. The number of likely N-dealkylation sites (N-methyl/N-ethyl adjacent to an activating group) is 1. The van der Waals surface area contributed by atoms with Crippen LogP contribution in [0.25, 0.3) is 0 Å². The number of thiophene rings is 2. The highest BCUT2D eigenvalue weighted by Gasteiger charge is 2.28. The number of carbonyl (C=O) groups is 1. The van der Waals surface area contributed by atoms with Crippen molar-refractivity contribution < 1.29 is 4.79 Å². The number of hydrogen-bond acceptors (Lipinski definition) is 4. The molecule has 22 heavy (non-hydrogen) atoms. The van der Waals surface area contributed by atoms with Crippen LogP contribution in [0.5, 0.6) is 0 Å². The highest BCUT2D eigenvalue weighted by molar-refractivity contribution is 7.10. The van der Waals surface area contributed by atoms with Gasteiger partial charge in [0.2, 0.25) is 5.91 Å². The van der Waals surface area contributed by atoms with E-state index in [-0.39, 0.29) is 5.91 Å². The van der Waals surface area contributed by atoms with Crippen LogP contribution in [0, 0.1) is 0 Å². The molecule has 3 heterocycles. The van der Waals surface area contributed by atoms with Gasteiger partial charge in [-0.2, -0.15) is 0 Å². The molecule has 1 unspecified atom stereocenters. The second kappa shape index (κ2) is 6.94. The molecule has 0 saturated heterocycles. The predicted octanol–water partition coefficient (Wildman–Crippen LogP) is 3.78. The predicted molar refractivity (Wildman–Crippen MR) is 93.4 cm³/mol. The maximum absolute atomic E-state index is 12.5. The van der Waals surface area contributed by atoms with E-state index >= 15 is 0 Å². The topological polar surface area (TPSA) is 23.6 Å². The number of amides is 1. The Kier molecular flexibility index (Phi) is 4.96. The average molecular weight is 335 g/mol. The van der Waals surface area contributed by atoms with E-state index in [0.717, 1.165) is 19.4 Å². The molecular weight excluding hydrogens is 312 g/mol. The smallest absolute Gasteiger partial charge is 0.236 e. The number of nitrogens with zero attached hydrogens (tertiary/aromatic N) is 2. The molecule has 0 aliphatic carbocycles. The Morgan fingerprint density at radius 2 is 2.23 bits per heavy atom. The third-order valence-corrected chi connectivity index (χ3v) is 6.19. The standard InChI is InChI=1S/C17H22N2OS2/c1-3-15-14-7-10-22-16(14)6-8-19(15)12-17(20)18(2)11-13-5-4-9-21-13/h4-5,7,9-10,15H,3,6,8,11-12H2,1-2H3. The van der Waals surface area contributed by atoms with E-state index in [2.05, 4.69) is 34.7 Å². The summed E-state index contributed by atoms with van der Waals surface area (Å²) in [5.41, 5.74) is 1.44. The monoisotopic (exact) mass is 334 g/mol. The lowest BCUT2D eigenvalue weighted by Gasteiger charge is -2.35. The van der Waals surface area contributed by atoms with Crippen LogP contribution in [0.3, 0.4) is 0 Å². The van der Waals surface area contributed by atoms with Crippen molar-refractivity contribution in [1.82, 2.24) is 9.80 Å². The van der Waals surface area contributed by atoms with Gasteiger partial charge in [-0.25, -0.2) is 0 Å². The molecule has 3 rings (SSSR count). The highest BCUT2D eigenvalue weighted by atomic mass is 32.1. The van der Waals surface area contributed by atoms with Crippen molar-refractivity contribution in [3.63, 3.8) is 0 Å². The molecule has 0 radical (unpaired) electrons. The summed E-state index contributed by atoms with van der Waals surface area (Å²) < 4.78 is 0. The van der Waals surface area contributed by atoms with Gasteiger partial charge in [0.25, 0.3) is 0 Å². The van der Waals surface area contributed by atoms with Crippen molar-refractivity contribution in [3.8, 4) is 0 Å². The van der Waals surface area contributed by atoms with E-state index in [0.29, 0.717) is 19.1 Å². The van der Waals surface area contributed by atoms with Crippen molar-refractivity contribution >= 4 is 28.6 Å². The van der Waals surface area contributed by atoms with Crippen LogP contribution in [-0.4, -0.2) is 35.8 Å². The van der Waals surface area contributed by atoms with E-state index < -0.39 is 0 Å². The minimum absolute atomic E-state index is 0.213. The van der Waals surface area contributed by atoms with Crippen LogP contribution in [0.1, 0.15) is 34.7 Å². The fourth-order valence-electron chi connectivity index (χ4n) is 3.13. The minimum Gasteiger partial charge on any atom is -0.340 e. The zero-order chi connectivity index (χ0) is 15.5. The second-order valence-electron chi connectivity index (χ2n) is 5.77. The van der Waals surface area contributed by atoms with Gasteiger partial charge >= 0.3 is 0 Å². The lowest BCUT2D eigenvalue weighted by atomic mass is 9.98. The summed E-state index contributed by atoms with van der Waals surface area (Å²) in [7, 11) is 1.91. The molecule has 0 bridgehead atoms. The summed E-state index contributed by atoms with van der Waals surface area (Å²) >= 11 is 3.56. The van der Waals surface area contributed by atoms with Crippen molar-refractivity contribution in [2.24, 2.45) is 0 Å². The first kappa shape index (κ1) is 15.7. The SMILES string of the molecule is CCC1c2ccsc2CCN1CC(=O)N(C)Cc1cccs1. The molecule has 1 atom stereocenters.